The Morgan fingerprint density at radius 2 is 1.92 bits per heavy atom. The predicted molar refractivity (Wildman–Crippen MR) is 51.4 cm³/mol. The van der Waals surface area contributed by atoms with Crippen LogP contribution in [0.4, 0.5) is 0 Å². The molecule has 1 aromatic carbocycles. The van der Waals surface area contributed by atoms with Crippen molar-refractivity contribution in [3.63, 3.8) is 0 Å². The number of fused-ring (bicyclic) bond motifs is 3. The number of H-pyrrole nitrogens is 1. The molecule has 0 atom stereocenters. The van der Waals surface area contributed by atoms with Crippen molar-refractivity contribution < 1.29 is 0 Å². The Morgan fingerprint density at radius 3 is 2.92 bits per heavy atom. The summed E-state index contributed by atoms with van der Waals surface area (Å²) in [4.78, 5) is 11.6. The lowest BCUT2D eigenvalue weighted by molar-refractivity contribution is 1.35. The van der Waals surface area contributed by atoms with E-state index in [-0.39, 0.29) is 0 Å². The van der Waals surface area contributed by atoms with Crippen LogP contribution >= 0.6 is 0 Å². The van der Waals surface area contributed by atoms with Gasteiger partial charge < -0.3 is 4.98 Å². The summed E-state index contributed by atoms with van der Waals surface area (Å²) in [5.41, 5.74) is 3.05. The maximum absolute atomic E-state index is 4.26. The van der Waals surface area contributed by atoms with Crippen LogP contribution in [0.2, 0.25) is 0 Å². The van der Waals surface area contributed by atoms with Crippen LogP contribution in [-0.4, -0.2) is 15.0 Å². The lowest BCUT2D eigenvalue weighted by atomic mass is 10.2. The topological polar surface area (TPSA) is 41.6 Å². The van der Waals surface area contributed by atoms with Gasteiger partial charge in [0.25, 0.3) is 0 Å². The second-order valence-corrected chi connectivity index (χ2v) is 2.93. The first-order chi connectivity index (χ1) is 6.45. The van der Waals surface area contributed by atoms with Crippen LogP contribution in [-0.2, 0) is 0 Å². The van der Waals surface area contributed by atoms with Gasteiger partial charge in [-0.1, -0.05) is 0 Å². The molecule has 0 fully saturated rings. The first kappa shape index (κ1) is 6.60. The van der Waals surface area contributed by atoms with Crippen LogP contribution in [0, 0.1) is 0 Å². The van der Waals surface area contributed by atoms with Gasteiger partial charge in [0.1, 0.15) is 0 Å². The molecule has 3 heteroatoms. The molecule has 3 nitrogen and oxygen atoms in total. The molecule has 2 aromatic heterocycles. The third kappa shape index (κ3) is 0.839. The lowest BCUT2D eigenvalue weighted by Gasteiger charge is -1.95. The molecule has 2 heterocycles. The Kier molecular flexibility index (Phi) is 1.16. The van der Waals surface area contributed by atoms with Crippen LogP contribution in [0.3, 0.4) is 0 Å². The van der Waals surface area contributed by atoms with Crippen LogP contribution < -0.4 is 0 Å². The van der Waals surface area contributed by atoms with Gasteiger partial charge in [-0.3, -0.25) is 4.98 Å². The Labute approximate surface area is 74.4 Å². The molecule has 62 valence electrons. The molecule has 0 bridgehead atoms. The first-order valence-corrected chi connectivity index (χ1v) is 4.12. The SMILES string of the molecule is c1cnc2ccc3nc[nH]c3c2c1. The number of hydrogen-bond donors (Lipinski definition) is 1. The molecule has 0 aliphatic rings. The highest BCUT2D eigenvalue weighted by Crippen LogP contribution is 2.19. The van der Waals surface area contributed by atoms with Crippen molar-refractivity contribution in [1.82, 2.24) is 15.0 Å². The second kappa shape index (κ2) is 2.29. The van der Waals surface area contributed by atoms with E-state index in [0.717, 1.165) is 21.9 Å². The van der Waals surface area contributed by atoms with Gasteiger partial charge in [0.15, 0.2) is 0 Å². The Balaban J connectivity index is 2.65. The molecule has 0 unspecified atom stereocenters. The third-order valence-corrected chi connectivity index (χ3v) is 2.18. The number of hydrogen-bond acceptors (Lipinski definition) is 2. The monoisotopic (exact) mass is 169 g/mol. The Morgan fingerprint density at radius 1 is 1.00 bits per heavy atom. The highest BCUT2D eigenvalue weighted by atomic mass is 14.9. The fourth-order valence-corrected chi connectivity index (χ4v) is 1.57. The highest BCUT2D eigenvalue weighted by Gasteiger charge is 2.00. The average Bonchev–Trinajstić information content (AvgIpc) is 2.65. The van der Waals surface area contributed by atoms with Crippen molar-refractivity contribution >= 4 is 21.9 Å². The van der Waals surface area contributed by atoms with Gasteiger partial charge in [0.05, 0.1) is 22.9 Å². The summed E-state index contributed by atoms with van der Waals surface area (Å²) in [6.07, 6.45) is 3.50. The van der Waals surface area contributed by atoms with Crippen molar-refractivity contribution in [2.24, 2.45) is 0 Å². The highest BCUT2D eigenvalue weighted by molar-refractivity contribution is 6.02. The minimum absolute atomic E-state index is 0.987. The Bertz CT molecular complexity index is 568. The summed E-state index contributed by atoms with van der Waals surface area (Å²) in [6.45, 7) is 0. The normalized spacial score (nSPS) is 11.1. The van der Waals surface area contributed by atoms with E-state index < -0.39 is 0 Å². The zero-order valence-corrected chi connectivity index (χ0v) is 6.86. The molecule has 3 rings (SSSR count). The molecule has 3 aromatic rings. The van der Waals surface area contributed by atoms with E-state index in [9.17, 15) is 0 Å². The number of rotatable bonds is 0. The van der Waals surface area contributed by atoms with Crippen molar-refractivity contribution in [2.45, 2.75) is 0 Å². The summed E-state index contributed by atoms with van der Waals surface area (Å²) in [7, 11) is 0. The lowest BCUT2D eigenvalue weighted by Crippen LogP contribution is -1.78. The zero-order valence-electron chi connectivity index (χ0n) is 6.86. The molecule has 0 aliphatic heterocycles. The number of aromatic amines is 1. The number of pyridine rings is 1. The van der Waals surface area contributed by atoms with Crippen LogP contribution in [0.25, 0.3) is 21.9 Å². The van der Waals surface area contributed by atoms with Crippen molar-refractivity contribution in [2.75, 3.05) is 0 Å². The number of nitrogens with one attached hydrogen (secondary N) is 1. The molecule has 13 heavy (non-hydrogen) atoms. The van der Waals surface area contributed by atoms with Crippen molar-refractivity contribution in [1.29, 1.82) is 0 Å². The van der Waals surface area contributed by atoms with E-state index >= 15 is 0 Å². The van der Waals surface area contributed by atoms with E-state index in [0.29, 0.717) is 0 Å². The minimum Gasteiger partial charge on any atom is -0.344 e. The standard InChI is InChI=1S/C10H7N3/c1-2-7-8(11-5-1)3-4-9-10(7)13-6-12-9/h1-6H,(H,12,13). The maximum atomic E-state index is 4.26. The maximum Gasteiger partial charge on any atom is 0.0932 e. The molecule has 1 N–H and O–H groups in total. The van der Waals surface area contributed by atoms with Crippen molar-refractivity contribution in [3.8, 4) is 0 Å². The van der Waals surface area contributed by atoms with E-state index in [1.807, 2.05) is 24.3 Å². The summed E-state index contributed by atoms with van der Waals surface area (Å²) in [6, 6.07) is 7.94. The minimum atomic E-state index is 0.987. The van der Waals surface area contributed by atoms with Gasteiger partial charge in [0.2, 0.25) is 0 Å². The van der Waals surface area contributed by atoms with Crippen LogP contribution in [0.15, 0.2) is 36.8 Å². The van der Waals surface area contributed by atoms with Gasteiger partial charge in [0, 0.05) is 11.6 Å². The smallest absolute Gasteiger partial charge is 0.0932 e. The summed E-state index contributed by atoms with van der Waals surface area (Å²) >= 11 is 0. The largest absolute Gasteiger partial charge is 0.344 e. The summed E-state index contributed by atoms with van der Waals surface area (Å²) < 4.78 is 0. The van der Waals surface area contributed by atoms with E-state index in [2.05, 4.69) is 15.0 Å². The van der Waals surface area contributed by atoms with Gasteiger partial charge in [-0.2, -0.15) is 0 Å². The van der Waals surface area contributed by atoms with E-state index in [1.165, 1.54) is 0 Å². The van der Waals surface area contributed by atoms with Crippen LogP contribution in [0.5, 0.6) is 0 Å². The summed E-state index contributed by atoms with van der Waals surface area (Å²) in [5.74, 6) is 0. The van der Waals surface area contributed by atoms with Crippen molar-refractivity contribution in [3.05, 3.63) is 36.8 Å². The van der Waals surface area contributed by atoms with E-state index in [4.69, 9.17) is 0 Å². The number of aromatic nitrogens is 3. The van der Waals surface area contributed by atoms with Crippen LogP contribution in [0.1, 0.15) is 0 Å². The Hall–Kier alpha value is -1.90. The predicted octanol–water partition coefficient (Wildman–Crippen LogP) is 2.11. The van der Waals surface area contributed by atoms with E-state index in [1.54, 1.807) is 12.5 Å². The molecule has 0 spiro atoms. The quantitative estimate of drug-likeness (QED) is 0.560. The molecule has 0 aliphatic carbocycles. The molecular weight excluding hydrogens is 162 g/mol. The fraction of sp³-hybridized carbons (Fsp3) is 0. The fourth-order valence-electron chi connectivity index (χ4n) is 1.57. The molecule has 0 saturated carbocycles. The first-order valence-electron chi connectivity index (χ1n) is 4.12. The molecule has 0 amide bonds. The summed E-state index contributed by atoms with van der Waals surface area (Å²) in [5, 5.41) is 1.12. The zero-order chi connectivity index (χ0) is 8.67. The van der Waals surface area contributed by atoms with Gasteiger partial charge in [-0.05, 0) is 24.3 Å². The van der Waals surface area contributed by atoms with Gasteiger partial charge >= 0.3 is 0 Å². The number of nitrogens with zero attached hydrogens (tertiary/aromatic N) is 2. The number of imidazole rings is 1. The second-order valence-electron chi connectivity index (χ2n) is 2.93. The molecule has 0 radical (unpaired) electrons. The molecular formula is C10H7N3. The average molecular weight is 169 g/mol. The number of benzene rings is 1. The third-order valence-electron chi connectivity index (χ3n) is 2.18. The van der Waals surface area contributed by atoms with Gasteiger partial charge in [-0.25, -0.2) is 4.98 Å². The molecule has 0 saturated heterocycles. The van der Waals surface area contributed by atoms with Gasteiger partial charge in [-0.15, -0.1) is 0 Å².